The molecule has 0 amide bonds. The van der Waals surface area contributed by atoms with E-state index in [1.807, 2.05) is 0 Å². The first-order valence-corrected chi connectivity index (χ1v) is 12.5. The number of hydrogen-bond acceptors (Lipinski definition) is 8. The summed E-state index contributed by atoms with van der Waals surface area (Å²) in [5.74, 6) is -0.541. The summed E-state index contributed by atoms with van der Waals surface area (Å²) in [4.78, 5) is 13.7. The van der Waals surface area contributed by atoms with Gasteiger partial charge >= 0.3 is 5.97 Å². The summed E-state index contributed by atoms with van der Waals surface area (Å²) in [6.45, 7) is 0.0516. The van der Waals surface area contributed by atoms with Gasteiger partial charge in [-0.1, -0.05) is 11.6 Å². The van der Waals surface area contributed by atoms with Crippen LogP contribution in [0, 0.1) is 0 Å². The van der Waals surface area contributed by atoms with Crippen LogP contribution in [-0.2, 0) is 21.5 Å². The number of aliphatic carboxylic acids is 1. The van der Waals surface area contributed by atoms with Crippen LogP contribution in [0.5, 0.6) is 5.75 Å². The second kappa shape index (κ2) is 8.91. The third-order valence-electron chi connectivity index (χ3n) is 4.66. The maximum Gasteiger partial charge on any atom is 0.370 e. The molecule has 0 saturated heterocycles. The molecule has 1 N–H and O–H groups in total. The number of benzene rings is 1. The quantitative estimate of drug-likeness (QED) is 0.272. The van der Waals surface area contributed by atoms with Gasteiger partial charge in [-0.3, -0.25) is 0 Å². The SMILES string of the molecule is O=C(O)C[n+]1c(C=C2Oc3ccc(Cl)cc3N2CCCCS(=O)(=O)[O-])sc2oc(Cl)cc21. The van der Waals surface area contributed by atoms with Gasteiger partial charge < -0.3 is 23.7 Å². The second-order valence-electron chi connectivity index (χ2n) is 6.96. The van der Waals surface area contributed by atoms with Gasteiger partial charge in [0.2, 0.25) is 17.6 Å². The number of carboxylic acid groups (broad SMARTS) is 1. The molecular formula is C19H16Cl2N2O7S2. The predicted octanol–water partition coefficient (Wildman–Crippen LogP) is 3.70. The minimum absolute atomic E-state index is 0.152. The molecule has 3 aromatic rings. The van der Waals surface area contributed by atoms with E-state index in [1.54, 1.807) is 39.8 Å². The number of hydrogen-bond donors (Lipinski definition) is 1. The Morgan fingerprint density at radius 3 is 2.78 bits per heavy atom. The number of fused-ring (bicyclic) bond motifs is 2. The zero-order chi connectivity index (χ0) is 23.0. The first kappa shape index (κ1) is 22.9. The van der Waals surface area contributed by atoms with Crippen molar-refractivity contribution in [3.05, 3.63) is 45.4 Å². The molecule has 9 nitrogen and oxygen atoms in total. The molecule has 4 rings (SSSR count). The molecule has 0 aliphatic carbocycles. The molecule has 1 aromatic carbocycles. The summed E-state index contributed by atoms with van der Waals surface area (Å²) in [7, 11) is -4.29. The van der Waals surface area contributed by atoms with Crippen LogP contribution in [0.3, 0.4) is 0 Å². The van der Waals surface area contributed by atoms with Crippen LogP contribution in [0.2, 0.25) is 10.2 Å². The van der Waals surface area contributed by atoms with Crippen molar-refractivity contribution < 1.29 is 36.6 Å². The van der Waals surface area contributed by atoms with E-state index in [0.29, 0.717) is 50.7 Å². The molecule has 2 aromatic heterocycles. The van der Waals surface area contributed by atoms with Gasteiger partial charge in [-0.25, -0.2) is 13.2 Å². The zero-order valence-corrected chi connectivity index (χ0v) is 19.4. The van der Waals surface area contributed by atoms with Gasteiger partial charge in [-0.2, -0.15) is 4.57 Å². The number of carboxylic acids is 1. The van der Waals surface area contributed by atoms with Crippen molar-refractivity contribution in [2.24, 2.45) is 0 Å². The Labute approximate surface area is 196 Å². The number of halogens is 2. The molecule has 0 fully saturated rings. The molecule has 0 bridgehead atoms. The Bertz CT molecular complexity index is 1330. The highest BCUT2D eigenvalue weighted by Crippen LogP contribution is 2.41. The molecule has 1 aliphatic rings. The van der Waals surface area contributed by atoms with Crippen LogP contribution in [0.15, 0.2) is 34.6 Å². The van der Waals surface area contributed by atoms with Crippen LogP contribution >= 0.6 is 34.5 Å². The topological polar surface area (TPSA) is 124 Å². The average Bonchev–Trinajstić information content (AvgIpc) is 3.30. The van der Waals surface area contributed by atoms with E-state index in [2.05, 4.69) is 0 Å². The molecule has 13 heteroatoms. The highest BCUT2D eigenvalue weighted by molar-refractivity contribution is 7.85. The van der Waals surface area contributed by atoms with E-state index in [-0.39, 0.29) is 18.2 Å². The van der Waals surface area contributed by atoms with E-state index in [0.717, 1.165) is 0 Å². The smallest absolute Gasteiger partial charge is 0.370 e. The van der Waals surface area contributed by atoms with Crippen LogP contribution in [-0.4, -0.2) is 36.3 Å². The summed E-state index contributed by atoms with van der Waals surface area (Å²) < 4.78 is 45.6. The third kappa shape index (κ3) is 5.02. The number of unbranched alkanes of at least 4 members (excludes halogenated alkanes) is 1. The lowest BCUT2D eigenvalue weighted by Gasteiger charge is -2.18. The van der Waals surface area contributed by atoms with Gasteiger partial charge in [0, 0.05) is 17.3 Å². The highest BCUT2D eigenvalue weighted by Gasteiger charge is 2.31. The number of anilines is 1. The normalized spacial score (nSPS) is 14.8. The number of rotatable bonds is 8. The monoisotopic (exact) mass is 518 g/mol. The summed E-state index contributed by atoms with van der Waals surface area (Å²) in [5.41, 5.74) is 1.22. The third-order valence-corrected chi connectivity index (χ3v) is 6.90. The summed E-state index contributed by atoms with van der Waals surface area (Å²) in [6.07, 6.45) is 2.27. The largest absolute Gasteiger partial charge is 0.748 e. The lowest BCUT2D eigenvalue weighted by atomic mass is 10.2. The standard InChI is InChI=1S/C19H16Cl2N2O7S2/c20-11-3-4-14-12(7-11)22(5-1-2-6-32(26,27)28)16(29-14)9-17-23(10-18(24)25)13-8-15(21)30-19(13)31-17/h3-4,7-9H,1-2,5-6,10H2,(H-,24,25,26,27,28). The summed E-state index contributed by atoms with van der Waals surface area (Å²) in [5, 5.41) is 10.5. The number of carbonyl (C=O) groups is 1. The van der Waals surface area contributed by atoms with Crippen LogP contribution in [0.1, 0.15) is 17.8 Å². The maximum atomic E-state index is 11.4. The van der Waals surface area contributed by atoms with Gasteiger partial charge in [0.05, 0.1) is 27.9 Å². The number of ether oxygens (including phenoxy) is 1. The lowest BCUT2D eigenvalue weighted by molar-refractivity contribution is -0.657. The minimum Gasteiger partial charge on any atom is -0.748 e. The first-order chi connectivity index (χ1) is 15.1. The minimum atomic E-state index is -4.29. The number of aromatic nitrogens is 1. The molecule has 3 heterocycles. The first-order valence-electron chi connectivity index (χ1n) is 9.34. The molecule has 170 valence electrons. The Kier molecular flexibility index (Phi) is 6.37. The predicted molar refractivity (Wildman–Crippen MR) is 118 cm³/mol. The van der Waals surface area contributed by atoms with E-state index in [4.69, 9.17) is 32.4 Å². The molecule has 0 saturated carbocycles. The van der Waals surface area contributed by atoms with Crippen LogP contribution < -0.4 is 14.2 Å². The van der Waals surface area contributed by atoms with Crippen LogP contribution in [0.4, 0.5) is 5.69 Å². The van der Waals surface area contributed by atoms with Gasteiger partial charge in [0.25, 0.3) is 15.4 Å². The Balaban J connectivity index is 1.69. The Hall–Kier alpha value is -2.31. The van der Waals surface area contributed by atoms with Crippen molar-refractivity contribution in [2.45, 2.75) is 19.4 Å². The van der Waals surface area contributed by atoms with Crippen molar-refractivity contribution in [3.8, 4) is 5.75 Å². The van der Waals surface area contributed by atoms with Gasteiger partial charge in [-0.15, -0.1) is 0 Å². The molecule has 32 heavy (non-hydrogen) atoms. The van der Waals surface area contributed by atoms with Crippen molar-refractivity contribution in [1.82, 2.24) is 0 Å². The van der Waals surface area contributed by atoms with Crippen molar-refractivity contribution in [1.29, 1.82) is 0 Å². The van der Waals surface area contributed by atoms with Crippen molar-refractivity contribution >= 4 is 72.8 Å². The molecule has 0 atom stereocenters. The molecule has 0 spiro atoms. The van der Waals surface area contributed by atoms with Crippen molar-refractivity contribution in [2.75, 3.05) is 17.2 Å². The Morgan fingerprint density at radius 2 is 2.06 bits per heavy atom. The highest BCUT2D eigenvalue weighted by atomic mass is 35.5. The fourth-order valence-corrected chi connectivity index (χ4v) is 5.32. The number of furan rings is 1. The van der Waals surface area contributed by atoms with Gasteiger partial charge in [-0.05, 0) is 54.0 Å². The number of nitrogens with zero attached hydrogens (tertiary/aromatic N) is 2. The molecule has 0 unspecified atom stereocenters. The lowest BCUT2D eigenvalue weighted by Crippen LogP contribution is -2.39. The fraction of sp³-hybridized carbons (Fsp3) is 0.263. The van der Waals surface area contributed by atoms with Crippen LogP contribution in [0.25, 0.3) is 16.5 Å². The van der Waals surface area contributed by atoms with E-state index in [1.165, 1.54) is 11.3 Å². The van der Waals surface area contributed by atoms with Crippen molar-refractivity contribution in [3.63, 3.8) is 0 Å². The second-order valence-corrected chi connectivity index (χ2v) is 10.3. The fourth-order valence-electron chi connectivity index (χ4n) is 3.34. The molecular weight excluding hydrogens is 503 g/mol. The van der Waals surface area contributed by atoms with E-state index < -0.39 is 21.8 Å². The Morgan fingerprint density at radius 1 is 1.28 bits per heavy atom. The summed E-state index contributed by atoms with van der Waals surface area (Å²) >= 11 is 13.3. The molecule has 0 radical (unpaired) electrons. The average molecular weight is 519 g/mol. The van der Waals surface area contributed by atoms with Gasteiger partial charge in [0.15, 0.2) is 5.75 Å². The van der Waals surface area contributed by atoms with E-state index in [9.17, 15) is 22.9 Å². The van der Waals surface area contributed by atoms with Gasteiger partial charge in [0.1, 0.15) is 0 Å². The summed E-state index contributed by atoms with van der Waals surface area (Å²) in [6, 6.07) is 6.65. The maximum absolute atomic E-state index is 11.4. The van der Waals surface area contributed by atoms with E-state index >= 15 is 0 Å². The number of thiazole rings is 1. The molecule has 1 aliphatic heterocycles. The zero-order valence-electron chi connectivity index (χ0n) is 16.3.